The molecule has 0 unspecified atom stereocenters. The molecule has 0 aliphatic carbocycles. The van der Waals surface area contributed by atoms with Crippen molar-refractivity contribution in [2.24, 2.45) is 0 Å². The number of benzene rings is 1. The lowest BCUT2D eigenvalue weighted by Gasteiger charge is -2.34. The summed E-state index contributed by atoms with van der Waals surface area (Å²) in [6.45, 7) is 2.81. The highest BCUT2D eigenvalue weighted by Crippen LogP contribution is 2.25. The topological polar surface area (TPSA) is 95.8 Å². The summed E-state index contributed by atoms with van der Waals surface area (Å²) >= 11 is 6.45. The van der Waals surface area contributed by atoms with E-state index in [0.29, 0.717) is 48.3 Å². The lowest BCUT2D eigenvalue weighted by molar-refractivity contribution is -0.146. The van der Waals surface area contributed by atoms with Crippen LogP contribution in [0.2, 0.25) is 5.15 Å². The summed E-state index contributed by atoms with van der Waals surface area (Å²) in [5.74, 6) is -1.55. The van der Waals surface area contributed by atoms with E-state index in [4.69, 9.17) is 11.6 Å². The zero-order valence-corrected chi connectivity index (χ0v) is 19.3. The van der Waals surface area contributed by atoms with E-state index in [0.717, 1.165) is 4.90 Å². The number of imide groups is 1. The van der Waals surface area contributed by atoms with Gasteiger partial charge >= 0.3 is 0 Å². The Bertz CT molecular complexity index is 1150. The average molecular weight is 488 g/mol. The molecule has 0 saturated carbocycles. The number of aryl methyl sites for hydroxylation is 1. The van der Waals surface area contributed by atoms with Crippen LogP contribution in [0.3, 0.4) is 0 Å². The molecule has 11 heteroatoms. The molecule has 2 saturated heterocycles. The first kappa shape index (κ1) is 23.6. The fourth-order valence-corrected chi connectivity index (χ4v) is 4.26. The molecule has 2 aliphatic rings. The fourth-order valence-electron chi connectivity index (χ4n) is 3.92. The number of rotatable bonds is 5. The van der Waals surface area contributed by atoms with Crippen LogP contribution in [0.25, 0.3) is 11.8 Å². The normalized spacial score (nSPS) is 16.7. The smallest absolute Gasteiger partial charge is 0.246 e. The van der Waals surface area contributed by atoms with Crippen molar-refractivity contribution in [1.82, 2.24) is 24.5 Å². The standard InChI is InChI=1S/C23H23ClFN5O4/c1-15-18(23(24)30(26-15)17-4-2-16(25)3-5-17)6-7-19(31)27-10-12-28(13-11-27)22(34)14-29-20(32)8-9-21(29)33/h2-7H,8-14H2,1H3/b7-6+. The summed E-state index contributed by atoms with van der Waals surface area (Å²) < 4.78 is 14.7. The molecule has 34 heavy (non-hydrogen) atoms. The third-order valence-electron chi connectivity index (χ3n) is 5.90. The van der Waals surface area contributed by atoms with Crippen molar-refractivity contribution in [2.75, 3.05) is 32.7 Å². The number of likely N-dealkylation sites (tertiary alicyclic amines) is 1. The molecule has 0 spiro atoms. The second-order valence-electron chi connectivity index (χ2n) is 8.09. The number of carbonyl (C=O) groups excluding carboxylic acids is 4. The Hall–Kier alpha value is -3.53. The van der Waals surface area contributed by atoms with Gasteiger partial charge in [0.15, 0.2) is 0 Å². The van der Waals surface area contributed by atoms with Gasteiger partial charge in [0, 0.05) is 50.7 Å². The van der Waals surface area contributed by atoms with Gasteiger partial charge in [0.1, 0.15) is 17.5 Å². The van der Waals surface area contributed by atoms with Crippen LogP contribution in [0.5, 0.6) is 0 Å². The van der Waals surface area contributed by atoms with Crippen LogP contribution in [0, 0.1) is 12.7 Å². The number of amides is 4. The SMILES string of the molecule is Cc1nn(-c2ccc(F)cc2)c(Cl)c1/C=C/C(=O)N1CCN(C(=O)CN2C(=O)CCC2=O)CC1. The predicted octanol–water partition coefficient (Wildman–Crippen LogP) is 1.81. The first-order valence-corrected chi connectivity index (χ1v) is 11.2. The second kappa shape index (κ2) is 9.76. The molecule has 0 atom stereocenters. The molecule has 1 aromatic carbocycles. The number of hydrogen-bond acceptors (Lipinski definition) is 5. The Morgan fingerprint density at radius 2 is 1.62 bits per heavy atom. The minimum absolute atomic E-state index is 0.146. The van der Waals surface area contributed by atoms with E-state index in [1.165, 1.54) is 22.9 Å². The molecule has 0 radical (unpaired) electrons. The number of piperazine rings is 1. The summed E-state index contributed by atoms with van der Waals surface area (Å²) in [6, 6.07) is 5.74. The van der Waals surface area contributed by atoms with E-state index in [1.54, 1.807) is 34.9 Å². The average Bonchev–Trinajstić information content (AvgIpc) is 3.30. The Balaban J connectivity index is 1.35. The second-order valence-corrected chi connectivity index (χ2v) is 8.45. The maximum atomic E-state index is 13.2. The molecule has 2 aliphatic heterocycles. The van der Waals surface area contributed by atoms with E-state index < -0.39 is 0 Å². The third-order valence-corrected chi connectivity index (χ3v) is 6.27. The van der Waals surface area contributed by atoms with E-state index in [2.05, 4.69) is 5.10 Å². The monoisotopic (exact) mass is 487 g/mol. The van der Waals surface area contributed by atoms with Crippen molar-refractivity contribution in [1.29, 1.82) is 0 Å². The molecule has 3 heterocycles. The molecule has 2 aromatic rings. The summed E-state index contributed by atoms with van der Waals surface area (Å²) in [5, 5.41) is 4.67. The maximum absolute atomic E-state index is 13.2. The lowest BCUT2D eigenvalue weighted by Crippen LogP contribution is -2.52. The molecule has 9 nitrogen and oxygen atoms in total. The van der Waals surface area contributed by atoms with Gasteiger partial charge in [-0.25, -0.2) is 9.07 Å². The Labute approximate surface area is 200 Å². The van der Waals surface area contributed by atoms with E-state index in [-0.39, 0.29) is 48.8 Å². The van der Waals surface area contributed by atoms with Crippen LogP contribution in [-0.4, -0.2) is 80.8 Å². The minimum atomic E-state index is -0.366. The van der Waals surface area contributed by atoms with E-state index in [9.17, 15) is 23.6 Å². The van der Waals surface area contributed by atoms with Gasteiger partial charge < -0.3 is 9.80 Å². The molecular formula is C23H23ClFN5O4. The quantitative estimate of drug-likeness (QED) is 0.473. The van der Waals surface area contributed by atoms with Crippen molar-refractivity contribution in [3.63, 3.8) is 0 Å². The van der Waals surface area contributed by atoms with Gasteiger partial charge in [-0.2, -0.15) is 5.10 Å². The van der Waals surface area contributed by atoms with Gasteiger partial charge in [0.25, 0.3) is 0 Å². The van der Waals surface area contributed by atoms with Gasteiger partial charge in [0.05, 0.1) is 11.4 Å². The van der Waals surface area contributed by atoms with Gasteiger partial charge in [-0.05, 0) is 37.3 Å². The first-order chi connectivity index (χ1) is 16.2. The van der Waals surface area contributed by atoms with Gasteiger partial charge in [-0.1, -0.05) is 11.6 Å². The van der Waals surface area contributed by atoms with Crippen molar-refractivity contribution in [3.05, 3.63) is 52.6 Å². The number of nitrogens with zero attached hydrogens (tertiary/aromatic N) is 5. The third kappa shape index (κ3) is 4.86. The van der Waals surface area contributed by atoms with Crippen molar-refractivity contribution < 1.29 is 23.6 Å². The van der Waals surface area contributed by atoms with Crippen LogP contribution in [0.15, 0.2) is 30.3 Å². The molecule has 2 fully saturated rings. The summed E-state index contributed by atoms with van der Waals surface area (Å²) in [5.41, 5.74) is 1.78. The van der Waals surface area contributed by atoms with Crippen molar-refractivity contribution in [2.45, 2.75) is 19.8 Å². The predicted molar refractivity (Wildman–Crippen MR) is 121 cm³/mol. The first-order valence-electron chi connectivity index (χ1n) is 10.8. The zero-order valence-electron chi connectivity index (χ0n) is 18.5. The van der Waals surface area contributed by atoms with Crippen LogP contribution < -0.4 is 0 Å². The van der Waals surface area contributed by atoms with Gasteiger partial charge in [0.2, 0.25) is 23.6 Å². The lowest BCUT2D eigenvalue weighted by atomic mass is 10.2. The molecule has 0 bridgehead atoms. The highest BCUT2D eigenvalue weighted by atomic mass is 35.5. The number of aromatic nitrogens is 2. The van der Waals surface area contributed by atoms with Crippen LogP contribution >= 0.6 is 11.6 Å². The molecule has 178 valence electrons. The van der Waals surface area contributed by atoms with Crippen molar-refractivity contribution >= 4 is 41.3 Å². The maximum Gasteiger partial charge on any atom is 0.246 e. The molecule has 0 N–H and O–H groups in total. The molecule has 4 amide bonds. The fraction of sp³-hybridized carbons (Fsp3) is 0.348. The van der Waals surface area contributed by atoms with Gasteiger partial charge in [-0.3, -0.25) is 24.1 Å². The summed E-state index contributed by atoms with van der Waals surface area (Å²) in [7, 11) is 0. The van der Waals surface area contributed by atoms with Crippen molar-refractivity contribution in [3.8, 4) is 5.69 Å². The molecule has 4 rings (SSSR count). The number of carbonyl (C=O) groups is 4. The largest absolute Gasteiger partial charge is 0.338 e. The summed E-state index contributed by atoms with van der Waals surface area (Å²) in [4.78, 5) is 52.7. The van der Waals surface area contributed by atoms with E-state index in [1.807, 2.05) is 0 Å². The van der Waals surface area contributed by atoms with E-state index >= 15 is 0 Å². The zero-order chi connectivity index (χ0) is 24.4. The van der Waals surface area contributed by atoms with Crippen LogP contribution in [0.1, 0.15) is 24.1 Å². The highest BCUT2D eigenvalue weighted by molar-refractivity contribution is 6.31. The summed E-state index contributed by atoms with van der Waals surface area (Å²) in [6.07, 6.45) is 3.29. The number of halogens is 2. The molecular weight excluding hydrogens is 465 g/mol. The number of hydrogen-bond donors (Lipinski definition) is 0. The Morgan fingerprint density at radius 3 is 2.24 bits per heavy atom. The van der Waals surface area contributed by atoms with Crippen LogP contribution in [0.4, 0.5) is 4.39 Å². The van der Waals surface area contributed by atoms with Crippen LogP contribution in [-0.2, 0) is 19.2 Å². The van der Waals surface area contributed by atoms with Gasteiger partial charge in [-0.15, -0.1) is 0 Å². The Morgan fingerprint density at radius 1 is 1.03 bits per heavy atom. The Kier molecular flexibility index (Phi) is 6.78. The molecule has 1 aromatic heterocycles. The minimum Gasteiger partial charge on any atom is -0.338 e. The highest BCUT2D eigenvalue weighted by Gasteiger charge is 2.32.